The third-order valence-corrected chi connectivity index (χ3v) is 10.1. The summed E-state index contributed by atoms with van der Waals surface area (Å²) >= 11 is 8.26. The van der Waals surface area contributed by atoms with Gasteiger partial charge in [-0.05, 0) is 73.0 Å². The molecule has 0 aliphatic carbocycles. The molecule has 0 atom stereocenters. The molecule has 7 nitrogen and oxygen atoms in total. The van der Waals surface area contributed by atoms with Gasteiger partial charge in [0, 0.05) is 27.6 Å². The van der Waals surface area contributed by atoms with Crippen LogP contribution in [0.4, 0.5) is 5.13 Å². The van der Waals surface area contributed by atoms with Crippen molar-refractivity contribution in [2.24, 2.45) is 5.10 Å². The SMILES string of the molecule is CCCCN(CCCC)S(=O)(=O)c1ccc(C(=O)N(/N=C/c2ccc(Br)cc2)c2nc3ccc(Br)cc3s2)cc1. The fraction of sp³-hybridized carbons (Fsp3) is 0.276. The van der Waals surface area contributed by atoms with Crippen LogP contribution < -0.4 is 5.01 Å². The Kier molecular flexibility index (Phi) is 10.6. The minimum absolute atomic E-state index is 0.172. The van der Waals surface area contributed by atoms with Crippen molar-refractivity contribution in [1.29, 1.82) is 0 Å². The number of fused-ring (bicyclic) bond motifs is 1. The summed E-state index contributed by atoms with van der Waals surface area (Å²) in [7, 11) is -3.67. The van der Waals surface area contributed by atoms with E-state index in [0.717, 1.165) is 50.4 Å². The predicted octanol–water partition coefficient (Wildman–Crippen LogP) is 8.09. The monoisotopic (exact) mass is 704 g/mol. The van der Waals surface area contributed by atoms with E-state index in [-0.39, 0.29) is 4.90 Å². The Morgan fingerprint density at radius 1 is 0.925 bits per heavy atom. The van der Waals surface area contributed by atoms with E-state index in [4.69, 9.17) is 0 Å². The first-order valence-corrected chi connectivity index (χ1v) is 16.9. The van der Waals surface area contributed by atoms with E-state index in [1.54, 1.807) is 22.7 Å². The summed E-state index contributed by atoms with van der Waals surface area (Å²) in [6.45, 7) is 5.04. The minimum Gasteiger partial charge on any atom is -0.267 e. The standard InChI is InChI=1S/C29H30Br2N4O3S2/c1-3-5-17-34(18-6-4-2)40(37,38)25-14-9-22(10-15-25)28(36)35(32-20-21-7-11-23(30)12-8-21)29-33-26-16-13-24(31)19-27(26)39-29/h7-16,19-20H,3-6,17-18H2,1-2H3/b32-20+. The quantitative estimate of drug-likeness (QED) is 0.110. The summed E-state index contributed by atoms with van der Waals surface area (Å²) in [5.74, 6) is -0.413. The molecule has 3 aromatic carbocycles. The number of anilines is 1. The van der Waals surface area contributed by atoms with Gasteiger partial charge in [0.25, 0.3) is 5.91 Å². The number of halogens is 2. The first-order valence-electron chi connectivity index (χ1n) is 13.0. The number of carbonyl (C=O) groups excluding carboxylic acids is 1. The van der Waals surface area contributed by atoms with Crippen LogP contribution in [0.5, 0.6) is 0 Å². The number of thiazole rings is 1. The van der Waals surface area contributed by atoms with Crippen molar-refractivity contribution in [2.45, 2.75) is 44.4 Å². The lowest BCUT2D eigenvalue weighted by molar-refractivity contribution is 0.0987. The van der Waals surface area contributed by atoms with E-state index < -0.39 is 15.9 Å². The van der Waals surface area contributed by atoms with Crippen LogP contribution in [0.15, 0.2) is 85.7 Å². The van der Waals surface area contributed by atoms with Crippen LogP contribution in [0.1, 0.15) is 55.5 Å². The molecular formula is C29H30Br2N4O3S2. The van der Waals surface area contributed by atoms with Crippen LogP contribution in [0.3, 0.4) is 0 Å². The maximum Gasteiger partial charge on any atom is 0.280 e. The van der Waals surface area contributed by atoms with Gasteiger partial charge in [-0.25, -0.2) is 13.4 Å². The number of hydrogen-bond donors (Lipinski definition) is 0. The van der Waals surface area contributed by atoms with Crippen LogP contribution in [-0.4, -0.2) is 42.9 Å². The maximum absolute atomic E-state index is 13.7. The van der Waals surface area contributed by atoms with E-state index in [1.165, 1.54) is 28.5 Å². The second-order valence-electron chi connectivity index (χ2n) is 9.16. The van der Waals surface area contributed by atoms with Gasteiger partial charge < -0.3 is 0 Å². The number of benzene rings is 3. The van der Waals surface area contributed by atoms with Gasteiger partial charge in [0.15, 0.2) is 0 Å². The highest BCUT2D eigenvalue weighted by Gasteiger charge is 2.25. The molecule has 0 radical (unpaired) electrons. The molecule has 4 rings (SSSR count). The van der Waals surface area contributed by atoms with Crippen LogP contribution >= 0.6 is 43.2 Å². The zero-order chi connectivity index (χ0) is 28.7. The molecule has 40 heavy (non-hydrogen) atoms. The van der Waals surface area contributed by atoms with Gasteiger partial charge in [-0.1, -0.05) is 82.0 Å². The lowest BCUT2D eigenvalue weighted by Gasteiger charge is -2.22. The molecule has 1 heterocycles. The third kappa shape index (κ3) is 7.44. The van der Waals surface area contributed by atoms with Crippen LogP contribution in [0, 0.1) is 0 Å². The van der Waals surface area contributed by atoms with Crippen molar-refractivity contribution >= 4 is 80.7 Å². The maximum atomic E-state index is 13.7. The molecule has 11 heteroatoms. The van der Waals surface area contributed by atoms with Crippen molar-refractivity contribution < 1.29 is 13.2 Å². The average Bonchev–Trinajstić information content (AvgIpc) is 3.36. The summed E-state index contributed by atoms with van der Waals surface area (Å²) in [6.07, 6.45) is 5.01. The number of aromatic nitrogens is 1. The molecule has 0 bridgehead atoms. The van der Waals surface area contributed by atoms with Crippen LogP contribution in [0.25, 0.3) is 10.2 Å². The molecule has 1 aromatic heterocycles. The molecule has 0 fully saturated rings. The molecule has 0 spiro atoms. The minimum atomic E-state index is -3.67. The summed E-state index contributed by atoms with van der Waals surface area (Å²) in [5, 5.41) is 6.18. The molecule has 210 valence electrons. The zero-order valence-electron chi connectivity index (χ0n) is 22.3. The lowest BCUT2D eigenvalue weighted by Crippen LogP contribution is -2.33. The van der Waals surface area contributed by atoms with E-state index in [2.05, 4.69) is 41.9 Å². The number of unbranched alkanes of at least 4 members (excludes halogenated alkanes) is 2. The largest absolute Gasteiger partial charge is 0.280 e. The van der Waals surface area contributed by atoms with Gasteiger partial charge >= 0.3 is 0 Å². The predicted molar refractivity (Wildman–Crippen MR) is 171 cm³/mol. The molecule has 4 aromatic rings. The summed E-state index contributed by atoms with van der Waals surface area (Å²) in [6, 6.07) is 19.4. The zero-order valence-corrected chi connectivity index (χ0v) is 27.1. The molecule has 0 aliphatic heterocycles. The Balaban J connectivity index is 1.66. The number of carbonyl (C=O) groups is 1. The molecule has 0 saturated heterocycles. The van der Waals surface area contributed by atoms with Gasteiger partial charge in [0.1, 0.15) is 0 Å². The molecular weight excluding hydrogens is 676 g/mol. The van der Waals surface area contributed by atoms with Crippen LogP contribution in [0.2, 0.25) is 0 Å². The van der Waals surface area contributed by atoms with Gasteiger partial charge in [-0.2, -0.15) is 14.4 Å². The van der Waals surface area contributed by atoms with Crippen molar-refractivity contribution in [3.05, 3.63) is 86.8 Å². The van der Waals surface area contributed by atoms with E-state index in [1.807, 2.05) is 56.3 Å². The number of sulfonamides is 1. The Hall–Kier alpha value is -2.44. The van der Waals surface area contributed by atoms with Gasteiger partial charge in [0.05, 0.1) is 21.3 Å². The number of amides is 1. The third-order valence-electron chi connectivity index (χ3n) is 6.17. The molecule has 0 unspecified atom stereocenters. The van der Waals surface area contributed by atoms with Crippen molar-refractivity contribution in [3.8, 4) is 0 Å². The van der Waals surface area contributed by atoms with Gasteiger partial charge in [-0.3, -0.25) is 4.79 Å². The summed E-state index contributed by atoms with van der Waals surface area (Å²) in [4.78, 5) is 18.6. The Morgan fingerprint density at radius 2 is 1.55 bits per heavy atom. The average molecular weight is 707 g/mol. The molecule has 0 N–H and O–H groups in total. The first kappa shape index (κ1) is 30.5. The topological polar surface area (TPSA) is 82.9 Å². The summed E-state index contributed by atoms with van der Waals surface area (Å²) in [5.41, 5.74) is 1.87. The van der Waals surface area contributed by atoms with Crippen molar-refractivity contribution in [1.82, 2.24) is 9.29 Å². The highest BCUT2D eigenvalue weighted by Crippen LogP contribution is 2.32. The van der Waals surface area contributed by atoms with Gasteiger partial charge in [-0.15, -0.1) is 0 Å². The van der Waals surface area contributed by atoms with Crippen LogP contribution in [-0.2, 0) is 10.0 Å². The number of nitrogens with zero attached hydrogens (tertiary/aromatic N) is 4. The smallest absolute Gasteiger partial charge is 0.267 e. The first-order chi connectivity index (χ1) is 19.2. The second kappa shape index (κ2) is 14.0. The Labute approximate surface area is 256 Å². The summed E-state index contributed by atoms with van der Waals surface area (Å²) < 4.78 is 31.1. The second-order valence-corrected chi connectivity index (χ2v) is 13.9. The number of hydrogen-bond acceptors (Lipinski definition) is 6. The fourth-order valence-electron chi connectivity index (χ4n) is 3.90. The highest BCUT2D eigenvalue weighted by atomic mass is 79.9. The highest BCUT2D eigenvalue weighted by molar-refractivity contribution is 9.10. The van der Waals surface area contributed by atoms with E-state index in [9.17, 15) is 13.2 Å². The number of rotatable bonds is 12. The van der Waals surface area contributed by atoms with E-state index in [0.29, 0.717) is 23.8 Å². The van der Waals surface area contributed by atoms with Gasteiger partial charge in [0.2, 0.25) is 15.2 Å². The fourth-order valence-corrected chi connectivity index (χ4v) is 7.16. The Bertz CT molecular complexity index is 1580. The lowest BCUT2D eigenvalue weighted by atomic mass is 10.2. The van der Waals surface area contributed by atoms with Crippen molar-refractivity contribution in [2.75, 3.05) is 18.1 Å². The molecule has 1 amide bonds. The van der Waals surface area contributed by atoms with E-state index >= 15 is 0 Å². The Morgan fingerprint density at radius 3 is 2.17 bits per heavy atom. The molecule has 0 aliphatic rings. The molecule has 0 saturated carbocycles. The number of hydrazone groups is 1. The van der Waals surface area contributed by atoms with Crippen molar-refractivity contribution in [3.63, 3.8) is 0 Å². The normalized spacial score (nSPS) is 12.0.